The minimum absolute atomic E-state index is 0.157. The Bertz CT molecular complexity index is 778. The summed E-state index contributed by atoms with van der Waals surface area (Å²) >= 11 is 4.99. The van der Waals surface area contributed by atoms with Gasteiger partial charge in [-0.15, -0.1) is 11.3 Å². The van der Waals surface area contributed by atoms with Crippen molar-refractivity contribution >= 4 is 37.4 Å². The number of ether oxygens (including phenoxy) is 1. The molecule has 0 unspecified atom stereocenters. The molecular weight excluding hydrogens is 340 g/mol. The van der Waals surface area contributed by atoms with Crippen molar-refractivity contribution in [3.05, 3.63) is 40.9 Å². The summed E-state index contributed by atoms with van der Waals surface area (Å²) in [5.41, 5.74) is 1.01. The van der Waals surface area contributed by atoms with Crippen molar-refractivity contribution in [1.82, 2.24) is 0 Å². The van der Waals surface area contributed by atoms with Gasteiger partial charge in [0.2, 0.25) is 0 Å². The number of benzene rings is 2. The molecule has 3 rings (SSSR count). The molecule has 0 amide bonds. The molecule has 2 aromatic carbocycles. The maximum atomic E-state index is 9.89. The molecule has 5 heteroatoms. The van der Waals surface area contributed by atoms with Gasteiger partial charge in [-0.25, -0.2) is 0 Å². The molecule has 0 atom stereocenters. The molecule has 20 heavy (non-hydrogen) atoms. The van der Waals surface area contributed by atoms with Crippen LogP contribution in [0, 0.1) is 0 Å². The molecule has 0 aliphatic carbocycles. The van der Waals surface area contributed by atoms with Gasteiger partial charge in [-0.2, -0.15) is 0 Å². The number of rotatable bonds is 2. The van der Waals surface area contributed by atoms with Crippen LogP contribution in [-0.4, -0.2) is 17.3 Å². The van der Waals surface area contributed by atoms with Gasteiger partial charge in [-0.05, 0) is 51.8 Å². The monoisotopic (exact) mass is 350 g/mol. The quantitative estimate of drug-likeness (QED) is 0.701. The third kappa shape index (κ3) is 2.13. The van der Waals surface area contributed by atoms with Crippen LogP contribution in [0.5, 0.6) is 17.2 Å². The molecule has 0 aliphatic heterocycles. The zero-order valence-corrected chi connectivity index (χ0v) is 13.0. The number of hydrogen-bond donors (Lipinski definition) is 2. The lowest BCUT2D eigenvalue weighted by Crippen LogP contribution is -1.82. The van der Waals surface area contributed by atoms with E-state index < -0.39 is 0 Å². The van der Waals surface area contributed by atoms with Crippen molar-refractivity contribution < 1.29 is 14.9 Å². The fraction of sp³-hybridized carbons (Fsp3) is 0.0667. The molecule has 0 saturated heterocycles. The summed E-state index contributed by atoms with van der Waals surface area (Å²) in [6.07, 6.45) is 0. The second-order valence-electron chi connectivity index (χ2n) is 4.31. The van der Waals surface area contributed by atoms with E-state index in [0.717, 1.165) is 20.5 Å². The van der Waals surface area contributed by atoms with Crippen LogP contribution >= 0.6 is 27.3 Å². The van der Waals surface area contributed by atoms with Crippen LogP contribution < -0.4 is 4.74 Å². The molecule has 3 nitrogen and oxygen atoms in total. The van der Waals surface area contributed by atoms with E-state index in [1.54, 1.807) is 36.6 Å². The molecule has 0 spiro atoms. The van der Waals surface area contributed by atoms with Gasteiger partial charge in [0.05, 0.1) is 16.3 Å². The first-order valence-corrected chi connectivity index (χ1v) is 7.49. The van der Waals surface area contributed by atoms with Gasteiger partial charge in [0.25, 0.3) is 0 Å². The standard InChI is InChI=1S/C15H11BrO3S/c1-19-12-7-11(18)14(16)10-6-13(20-15(10)12)8-2-4-9(17)5-3-8/h2-7,17-18H,1H3. The molecular formula is C15H11BrO3S. The van der Waals surface area contributed by atoms with Gasteiger partial charge in [-0.1, -0.05) is 0 Å². The van der Waals surface area contributed by atoms with Gasteiger partial charge in [0.15, 0.2) is 0 Å². The SMILES string of the molecule is COc1cc(O)c(Br)c2cc(-c3ccc(O)cc3)sc12. The summed E-state index contributed by atoms with van der Waals surface area (Å²) in [5.74, 6) is 1.05. The first kappa shape index (κ1) is 13.3. The lowest BCUT2D eigenvalue weighted by molar-refractivity contribution is 0.413. The molecule has 1 heterocycles. The highest BCUT2D eigenvalue weighted by atomic mass is 79.9. The Kier molecular flexibility index (Phi) is 3.31. The van der Waals surface area contributed by atoms with Gasteiger partial charge < -0.3 is 14.9 Å². The molecule has 3 aromatic rings. The summed E-state index contributed by atoms with van der Waals surface area (Å²) in [6, 6.07) is 10.6. The lowest BCUT2D eigenvalue weighted by Gasteiger charge is -2.04. The Hall–Kier alpha value is -1.72. The molecule has 2 N–H and O–H groups in total. The second-order valence-corrected chi connectivity index (χ2v) is 6.16. The van der Waals surface area contributed by atoms with Crippen molar-refractivity contribution in [3.8, 4) is 27.7 Å². The van der Waals surface area contributed by atoms with E-state index in [-0.39, 0.29) is 11.5 Å². The number of phenols is 2. The van der Waals surface area contributed by atoms with Gasteiger partial charge in [-0.3, -0.25) is 0 Å². The maximum absolute atomic E-state index is 9.89. The number of phenolic OH excluding ortho intramolecular Hbond substituents is 2. The van der Waals surface area contributed by atoms with E-state index >= 15 is 0 Å². The summed E-state index contributed by atoms with van der Waals surface area (Å²) in [7, 11) is 1.59. The van der Waals surface area contributed by atoms with Crippen molar-refractivity contribution in [3.63, 3.8) is 0 Å². The van der Waals surface area contributed by atoms with Crippen LogP contribution in [-0.2, 0) is 0 Å². The minimum atomic E-state index is 0.157. The zero-order chi connectivity index (χ0) is 14.3. The normalized spacial score (nSPS) is 10.9. The molecule has 0 bridgehead atoms. The molecule has 0 radical (unpaired) electrons. The number of halogens is 1. The van der Waals surface area contributed by atoms with Crippen LogP contribution in [0.1, 0.15) is 0 Å². The smallest absolute Gasteiger partial charge is 0.140 e. The van der Waals surface area contributed by atoms with E-state index in [0.29, 0.717) is 10.2 Å². The van der Waals surface area contributed by atoms with Crippen LogP contribution in [0.25, 0.3) is 20.5 Å². The second kappa shape index (κ2) is 5.00. The van der Waals surface area contributed by atoms with Crippen molar-refractivity contribution in [2.24, 2.45) is 0 Å². The summed E-state index contributed by atoms with van der Waals surface area (Å²) < 4.78 is 6.96. The molecule has 0 saturated carbocycles. The van der Waals surface area contributed by atoms with Crippen LogP contribution in [0.3, 0.4) is 0 Å². The first-order valence-electron chi connectivity index (χ1n) is 5.88. The largest absolute Gasteiger partial charge is 0.508 e. The summed E-state index contributed by atoms with van der Waals surface area (Å²) in [6.45, 7) is 0. The van der Waals surface area contributed by atoms with Crippen LogP contribution in [0.2, 0.25) is 0 Å². The van der Waals surface area contributed by atoms with Crippen molar-refractivity contribution in [1.29, 1.82) is 0 Å². The average molecular weight is 351 g/mol. The Balaban J connectivity index is 2.24. The predicted octanol–water partition coefficient (Wildman–Crippen LogP) is 4.75. The first-order chi connectivity index (χ1) is 9.60. The van der Waals surface area contributed by atoms with E-state index in [1.165, 1.54) is 0 Å². The van der Waals surface area contributed by atoms with Crippen molar-refractivity contribution in [2.75, 3.05) is 7.11 Å². The van der Waals surface area contributed by atoms with E-state index in [9.17, 15) is 10.2 Å². The molecule has 1 aromatic heterocycles. The number of aromatic hydroxyl groups is 2. The zero-order valence-electron chi connectivity index (χ0n) is 10.6. The van der Waals surface area contributed by atoms with Gasteiger partial charge >= 0.3 is 0 Å². The fourth-order valence-corrected chi connectivity index (χ4v) is 3.77. The molecule has 0 aliphatic rings. The molecule has 102 valence electrons. The summed E-state index contributed by atoms with van der Waals surface area (Å²) in [4.78, 5) is 1.05. The predicted molar refractivity (Wildman–Crippen MR) is 84.8 cm³/mol. The highest BCUT2D eigenvalue weighted by Crippen LogP contribution is 2.45. The Morgan fingerprint density at radius 2 is 1.80 bits per heavy atom. The number of fused-ring (bicyclic) bond motifs is 1. The minimum Gasteiger partial charge on any atom is -0.508 e. The summed E-state index contributed by atoms with van der Waals surface area (Å²) in [5, 5.41) is 20.2. The van der Waals surface area contributed by atoms with E-state index in [2.05, 4.69) is 15.9 Å². The van der Waals surface area contributed by atoms with E-state index in [4.69, 9.17) is 4.74 Å². The third-order valence-electron chi connectivity index (χ3n) is 3.06. The van der Waals surface area contributed by atoms with Crippen molar-refractivity contribution in [2.45, 2.75) is 0 Å². The third-order valence-corrected chi connectivity index (χ3v) is 5.09. The number of methoxy groups -OCH3 is 1. The highest BCUT2D eigenvalue weighted by Gasteiger charge is 2.14. The van der Waals surface area contributed by atoms with Gasteiger partial charge in [0.1, 0.15) is 17.2 Å². The Morgan fingerprint density at radius 1 is 1.10 bits per heavy atom. The fourth-order valence-electron chi connectivity index (χ4n) is 2.05. The average Bonchev–Trinajstić information content (AvgIpc) is 2.89. The van der Waals surface area contributed by atoms with Gasteiger partial charge in [0, 0.05) is 16.3 Å². The molecule has 0 fully saturated rings. The lowest BCUT2D eigenvalue weighted by atomic mass is 10.1. The van der Waals surface area contributed by atoms with E-state index in [1.807, 2.05) is 18.2 Å². The maximum Gasteiger partial charge on any atom is 0.140 e. The number of thiophene rings is 1. The Morgan fingerprint density at radius 3 is 2.45 bits per heavy atom. The highest BCUT2D eigenvalue weighted by molar-refractivity contribution is 9.10. The topological polar surface area (TPSA) is 49.7 Å². The van der Waals surface area contributed by atoms with Crippen LogP contribution in [0.4, 0.5) is 0 Å². The number of hydrogen-bond acceptors (Lipinski definition) is 4. The van der Waals surface area contributed by atoms with Crippen LogP contribution in [0.15, 0.2) is 40.9 Å². The Labute approximate surface area is 128 Å².